The molecule has 30 heavy (non-hydrogen) atoms. The maximum absolute atomic E-state index is 13.6. The highest BCUT2D eigenvalue weighted by molar-refractivity contribution is 5.94. The van der Waals surface area contributed by atoms with Crippen LogP contribution in [0.1, 0.15) is 24.4 Å². The number of likely N-dealkylation sites (tertiary alicyclic amines) is 1. The van der Waals surface area contributed by atoms with E-state index in [0.717, 1.165) is 36.8 Å². The van der Waals surface area contributed by atoms with Crippen molar-refractivity contribution in [2.45, 2.75) is 18.9 Å². The molecule has 1 fully saturated rings. The highest BCUT2D eigenvalue weighted by Gasteiger charge is 2.27. The van der Waals surface area contributed by atoms with Crippen LogP contribution in [-0.4, -0.2) is 43.5 Å². The van der Waals surface area contributed by atoms with E-state index in [4.69, 9.17) is 4.74 Å². The van der Waals surface area contributed by atoms with E-state index in [2.05, 4.69) is 10.6 Å². The summed E-state index contributed by atoms with van der Waals surface area (Å²) in [6.07, 6.45) is 1.86. The van der Waals surface area contributed by atoms with Crippen LogP contribution in [0.15, 0.2) is 36.4 Å². The summed E-state index contributed by atoms with van der Waals surface area (Å²) >= 11 is 0. The molecule has 0 spiro atoms. The van der Waals surface area contributed by atoms with E-state index in [1.54, 1.807) is 7.11 Å². The van der Waals surface area contributed by atoms with Gasteiger partial charge in [0.15, 0.2) is 17.5 Å². The van der Waals surface area contributed by atoms with Crippen molar-refractivity contribution in [2.75, 3.05) is 32.1 Å². The van der Waals surface area contributed by atoms with Crippen molar-refractivity contribution >= 4 is 17.5 Å². The first kappa shape index (κ1) is 21.6. The summed E-state index contributed by atoms with van der Waals surface area (Å²) in [4.78, 5) is 26.2. The summed E-state index contributed by atoms with van der Waals surface area (Å²) in [6.45, 7) is 0.429. The molecular weight excluding hydrogens is 399 g/mol. The number of rotatable bonds is 7. The van der Waals surface area contributed by atoms with Crippen molar-refractivity contribution < 1.29 is 27.5 Å². The Labute approximate surface area is 172 Å². The fourth-order valence-electron chi connectivity index (χ4n) is 3.45. The van der Waals surface area contributed by atoms with E-state index in [1.165, 1.54) is 0 Å². The van der Waals surface area contributed by atoms with Crippen LogP contribution in [0.2, 0.25) is 0 Å². The number of methoxy groups -OCH3 is 1. The Morgan fingerprint density at radius 3 is 2.50 bits per heavy atom. The van der Waals surface area contributed by atoms with Gasteiger partial charge in [0, 0.05) is 6.04 Å². The highest BCUT2D eigenvalue weighted by Crippen LogP contribution is 2.32. The van der Waals surface area contributed by atoms with E-state index in [0.29, 0.717) is 6.07 Å². The normalized spacial score (nSPS) is 16.3. The number of ether oxygens (including phenoxy) is 1. The molecule has 1 aliphatic heterocycles. The number of hydrogen-bond donors (Lipinski definition) is 2. The summed E-state index contributed by atoms with van der Waals surface area (Å²) in [5.74, 6) is -4.87. The fraction of sp³-hybridized carbons (Fsp3) is 0.333. The first-order valence-electron chi connectivity index (χ1n) is 9.47. The van der Waals surface area contributed by atoms with Gasteiger partial charge in [0.1, 0.15) is 5.75 Å². The minimum atomic E-state index is -1.67. The number of anilines is 1. The molecule has 1 aliphatic rings. The molecule has 0 bridgehead atoms. The molecule has 0 radical (unpaired) electrons. The molecule has 2 N–H and O–H groups in total. The number of nitrogens with zero attached hydrogens (tertiary/aromatic N) is 1. The molecule has 0 saturated carbocycles. The van der Waals surface area contributed by atoms with Gasteiger partial charge in [0.25, 0.3) is 0 Å². The predicted molar refractivity (Wildman–Crippen MR) is 104 cm³/mol. The van der Waals surface area contributed by atoms with Crippen molar-refractivity contribution in [3.63, 3.8) is 0 Å². The van der Waals surface area contributed by atoms with Crippen molar-refractivity contribution in [3.05, 3.63) is 59.4 Å². The third kappa shape index (κ3) is 5.10. The summed E-state index contributed by atoms with van der Waals surface area (Å²) in [7, 11) is 1.60. The largest absolute Gasteiger partial charge is 0.497 e. The second kappa shape index (κ2) is 9.62. The van der Waals surface area contributed by atoms with Crippen molar-refractivity contribution in [2.24, 2.45) is 0 Å². The molecule has 0 aliphatic carbocycles. The van der Waals surface area contributed by atoms with Gasteiger partial charge in [0.05, 0.1) is 25.9 Å². The van der Waals surface area contributed by atoms with Crippen LogP contribution in [-0.2, 0) is 9.59 Å². The standard InChI is InChI=1S/C21H22F3N3O3/c1-30-14-6-4-13(5-7-14)17-3-2-10-27(17)12-19(29)25-11-18(28)26-16-9-8-15(22)20(23)21(16)24/h4-9,17H,2-3,10-12H2,1H3,(H,25,29)(H,26,28)/t17-/m0/s1. The Morgan fingerprint density at radius 2 is 1.80 bits per heavy atom. The first-order chi connectivity index (χ1) is 14.4. The molecule has 9 heteroatoms. The lowest BCUT2D eigenvalue weighted by Crippen LogP contribution is -2.40. The smallest absolute Gasteiger partial charge is 0.243 e. The minimum Gasteiger partial charge on any atom is -0.497 e. The van der Waals surface area contributed by atoms with Gasteiger partial charge in [-0.3, -0.25) is 14.5 Å². The van der Waals surface area contributed by atoms with Crippen LogP contribution in [0.3, 0.4) is 0 Å². The zero-order chi connectivity index (χ0) is 21.7. The van der Waals surface area contributed by atoms with Gasteiger partial charge in [-0.05, 0) is 49.2 Å². The Balaban J connectivity index is 1.51. The lowest BCUT2D eigenvalue weighted by Gasteiger charge is -2.24. The molecule has 1 heterocycles. The Kier molecular flexibility index (Phi) is 6.94. The van der Waals surface area contributed by atoms with Crippen LogP contribution < -0.4 is 15.4 Å². The number of hydrogen-bond acceptors (Lipinski definition) is 4. The molecule has 2 aromatic rings. The van der Waals surface area contributed by atoms with Crippen LogP contribution in [0.25, 0.3) is 0 Å². The average molecular weight is 421 g/mol. The van der Waals surface area contributed by atoms with E-state index in [9.17, 15) is 22.8 Å². The molecule has 160 valence electrons. The Hall–Kier alpha value is -3.07. The van der Waals surface area contributed by atoms with Crippen LogP contribution in [0, 0.1) is 17.5 Å². The molecule has 2 amide bonds. The first-order valence-corrected chi connectivity index (χ1v) is 9.47. The van der Waals surface area contributed by atoms with Gasteiger partial charge in [-0.2, -0.15) is 0 Å². The topological polar surface area (TPSA) is 70.7 Å². The monoisotopic (exact) mass is 421 g/mol. The summed E-state index contributed by atoms with van der Waals surface area (Å²) in [5, 5.41) is 4.57. The van der Waals surface area contributed by atoms with E-state index >= 15 is 0 Å². The number of carbonyl (C=O) groups excluding carboxylic acids is 2. The fourth-order valence-corrected chi connectivity index (χ4v) is 3.45. The van der Waals surface area contributed by atoms with Gasteiger partial charge >= 0.3 is 0 Å². The predicted octanol–water partition coefficient (Wildman–Crippen LogP) is 3.00. The summed E-state index contributed by atoms with van der Waals surface area (Å²) < 4.78 is 44.9. The number of halogens is 3. The lowest BCUT2D eigenvalue weighted by molar-refractivity contribution is -0.125. The zero-order valence-corrected chi connectivity index (χ0v) is 16.4. The average Bonchev–Trinajstić information content (AvgIpc) is 3.20. The van der Waals surface area contributed by atoms with Crippen LogP contribution in [0.5, 0.6) is 5.75 Å². The van der Waals surface area contributed by atoms with E-state index in [-0.39, 0.29) is 18.5 Å². The quantitative estimate of drug-likeness (QED) is 0.675. The zero-order valence-electron chi connectivity index (χ0n) is 16.4. The van der Waals surface area contributed by atoms with E-state index < -0.39 is 35.6 Å². The highest BCUT2D eigenvalue weighted by atomic mass is 19.2. The van der Waals surface area contributed by atoms with Gasteiger partial charge in [-0.25, -0.2) is 13.2 Å². The molecule has 2 aromatic carbocycles. The summed E-state index contributed by atoms with van der Waals surface area (Å²) in [5.41, 5.74) is 0.583. The van der Waals surface area contributed by atoms with Crippen LogP contribution in [0.4, 0.5) is 18.9 Å². The number of nitrogens with one attached hydrogen (secondary N) is 2. The number of amides is 2. The number of benzene rings is 2. The Morgan fingerprint density at radius 1 is 1.07 bits per heavy atom. The molecule has 3 rings (SSSR count). The molecular formula is C21H22F3N3O3. The SMILES string of the molecule is COc1ccc([C@@H]2CCCN2CC(=O)NCC(=O)Nc2ccc(F)c(F)c2F)cc1. The number of carbonyl (C=O) groups is 2. The molecule has 6 nitrogen and oxygen atoms in total. The maximum Gasteiger partial charge on any atom is 0.243 e. The Bertz CT molecular complexity index is 922. The van der Waals surface area contributed by atoms with E-state index in [1.807, 2.05) is 29.2 Å². The van der Waals surface area contributed by atoms with Gasteiger partial charge in [-0.15, -0.1) is 0 Å². The third-order valence-electron chi connectivity index (χ3n) is 4.97. The second-order valence-corrected chi connectivity index (χ2v) is 6.95. The van der Waals surface area contributed by atoms with Crippen molar-refractivity contribution in [3.8, 4) is 5.75 Å². The van der Waals surface area contributed by atoms with Crippen LogP contribution >= 0.6 is 0 Å². The lowest BCUT2D eigenvalue weighted by atomic mass is 10.0. The molecule has 1 saturated heterocycles. The maximum atomic E-state index is 13.6. The minimum absolute atomic E-state index is 0.0896. The third-order valence-corrected chi connectivity index (χ3v) is 4.97. The van der Waals surface area contributed by atoms with Gasteiger partial charge in [-0.1, -0.05) is 12.1 Å². The van der Waals surface area contributed by atoms with Crippen molar-refractivity contribution in [1.29, 1.82) is 0 Å². The second-order valence-electron chi connectivity index (χ2n) is 6.95. The summed E-state index contributed by atoms with van der Waals surface area (Å²) in [6, 6.07) is 9.37. The molecule has 0 aromatic heterocycles. The van der Waals surface area contributed by atoms with Crippen molar-refractivity contribution in [1.82, 2.24) is 10.2 Å². The molecule has 0 unspecified atom stereocenters. The van der Waals surface area contributed by atoms with Gasteiger partial charge < -0.3 is 15.4 Å². The molecule has 1 atom stereocenters. The van der Waals surface area contributed by atoms with Gasteiger partial charge in [0.2, 0.25) is 11.8 Å².